The fourth-order valence-corrected chi connectivity index (χ4v) is 3.36. The van der Waals surface area contributed by atoms with Gasteiger partial charge in [0, 0.05) is 36.6 Å². The van der Waals surface area contributed by atoms with E-state index in [4.69, 9.17) is 0 Å². The second kappa shape index (κ2) is 6.88. The molecule has 2 N–H and O–H groups in total. The van der Waals surface area contributed by atoms with Crippen LogP contribution in [0.4, 0.5) is 0 Å². The van der Waals surface area contributed by atoms with Gasteiger partial charge in [-0.3, -0.25) is 9.97 Å². The van der Waals surface area contributed by atoms with Crippen LogP contribution in [0.2, 0.25) is 0 Å². The standard InChI is InChI=1S/C18H23N3O/c1-13-5-3-10-20-18(13)14-6-2-7-15(11-14)21-12-16-17(22)8-4-9-19-16/h3-5,8-10,14-15,21-22H,2,6-7,11-12H2,1H3/t14-,15+/m0/s1. The Morgan fingerprint density at radius 3 is 2.82 bits per heavy atom. The van der Waals surface area contributed by atoms with Crippen LogP contribution in [0.5, 0.6) is 5.75 Å². The molecule has 0 spiro atoms. The van der Waals surface area contributed by atoms with Crippen molar-refractivity contribution in [2.24, 2.45) is 0 Å². The number of pyridine rings is 2. The Kier molecular flexibility index (Phi) is 4.68. The lowest BCUT2D eigenvalue weighted by molar-refractivity contribution is 0.331. The van der Waals surface area contributed by atoms with E-state index in [0.29, 0.717) is 18.5 Å². The lowest BCUT2D eigenvalue weighted by Gasteiger charge is -2.30. The van der Waals surface area contributed by atoms with Gasteiger partial charge in [0.05, 0.1) is 5.69 Å². The van der Waals surface area contributed by atoms with Crippen molar-refractivity contribution in [1.29, 1.82) is 0 Å². The van der Waals surface area contributed by atoms with E-state index in [1.807, 2.05) is 12.3 Å². The molecule has 4 heteroatoms. The van der Waals surface area contributed by atoms with E-state index < -0.39 is 0 Å². The molecule has 22 heavy (non-hydrogen) atoms. The molecule has 0 amide bonds. The van der Waals surface area contributed by atoms with Crippen LogP contribution in [0, 0.1) is 6.92 Å². The Morgan fingerprint density at radius 2 is 2.00 bits per heavy atom. The van der Waals surface area contributed by atoms with Crippen LogP contribution < -0.4 is 5.32 Å². The molecule has 2 heterocycles. The number of aromatic nitrogens is 2. The third-order valence-corrected chi connectivity index (χ3v) is 4.54. The Morgan fingerprint density at radius 1 is 1.18 bits per heavy atom. The molecule has 2 atom stereocenters. The molecule has 0 unspecified atom stereocenters. The maximum absolute atomic E-state index is 9.79. The fourth-order valence-electron chi connectivity index (χ4n) is 3.36. The van der Waals surface area contributed by atoms with E-state index in [1.54, 1.807) is 18.3 Å². The number of aryl methyl sites for hydroxylation is 1. The van der Waals surface area contributed by atoms with Gasteiger partial charge in [0.2, 0.25) is 0 Å². The van der Waals surface area contributed by atoms with Crippen LogP contribution in [-0.2, 0) is 6.54 Å². The molecular weight excluding hydrogens is 274 g/mol. The van der Waals surface area contributed by atoms with Crippen molar-refractivity contribution in [3.05, 3.63) is 53.6 Å². The van der Waals surface area contributed by atoms with Crippen LogP contribution in [-0.4, -0.2) is 21.1 Å². The SMILES string of the molecule is Cc1cccnc1[C@H]1CCC[C@@H](NCc2ncccc2O)C1. The van der Waals surface area contributed by atoms with Crippen molar-refractivity contribution in [3.8, 4) is 5.75 Å². The molecule has 1 aliphatic carbocycles. The second-order valence-corrected chi connectivity index (χ2v) is 6.12. The molecule has 4 nitrogen and oxygen atoms in total. The maximum atomic E-state index is 9.79. The van der Waals surface area contributed by atoms with Crippen molar-refractivity contribution in [3.63, 3.8) is 0 Å². The third kappa shape index (κ3) is 3.45. The number of hydrogen-bond donors (Lipinski definition) is 2. The number of nitrogens with zero attached hydrogens (tertiary/aromatic N) is 2. The van der Waals surface area contributed by atoms with Gasteiger partial charge >= 0.3 is 0 Å². The Balaban J connectivity index is 1.62. The van der Waals surface area contributed by atoms with Crippen molar-refractivity contribution >= 4 is 0 Å². The van der Waals surface area contributed by atoms with Crippen LogP contribution in [0.15, 0.2) is 36.7 Å². The minimum atomic E-state index is 0.267. The summed E-state index contributed by atoms with van der Waals surface area (Å²) in [7, 11) is 0. The predicted molar refractivity (Wildman–Crippen MR) is 86.7 cm³/mol. The smallest absolute Gasteiger partial charge is 0.138 e. The zero-order valence-corrected chi connectivity index (χ0v) is 13.0. The third-order valence-electron chi connectivity index (χ3n) is 4.54. The summed E-state index contributed by atoms with van der Waals surface area (Å²) in [6.07, 6.45) is 8.32. The van der Waals surface area contributed by atoms with Crippen LogP contribution in [0.3, 0.4) is 0 Å². The Hall–Kier alpha value is -1.94. The molecular formula is C18H23N3O. The highest BCUT2D eigenvalue weighted by Crippen LogP contribution is 2.33. The van der Waals surface area contributed by atoms with Gasteiger partial charge in [-0.25, -0.2) is 0 Å². The van der Waals surface area contributed by atoms with Crippen LogP contribution >= 0.6 is 0 Å². The number of nitrogens with one attached hydrogen (secondary N) is 1. The highest BCUT2D eigenvalue weighted by atomic mass is 16.3. The van der Waals surface area contributed by atoms with Gasteiger partial charge < -0.3 is 10.4 Å². The molecule has 2 aromatic rings. The molecule has 0 aliphatic heterocycles. The van der Waals surface area contributed by atoms with Gasteiger partial charge in [-0.05, 0) is 49.9 Å². The van der Waals surface area contributed by atoms with E-state index in [0.717, 1.165) is 12.1 Å². The normalized spacial score (nSPS) is 21.7. The Labute approximate surface area is 131 Å². The van der Waals surface area contributed by atoms with E-state index in [1.165, 1.54) is 30.5 Å². The molecule has 116 valence electrons. The first-order valence-corrected chi connectivity index (χ1v) is 8.02. The van der Waals surface area contributed by atoms with Gasteiger partial charge in [0.25, 0.3) is 0 Å². The first kappa shape index (κ1) is 15.0. The lowest BCUT2D eigenvalue weighted by Crippen LogP contribution is -2.33. The largest absolute Gasteiger partial charge is 0.506 e. The van der Waals surface area contributed by atoms with Crippen molar-refractivity contribution in [1.82, 2.24) is 15.3 Å². The highest BCUT2D eigenvalue weighted by Gasteiger charge is 2.25. The van der Waals surface area contributed by atoms with Crippen molar-refractivity contribution in [2.45, 2.75) is 51.1 Å². The molecule has 2 aromatic heterocycles. The maximum Gasteiger partial charge on any atom is 0.138 e. The summed E-state index contributed by atoms with van der Waals surface area (Å²) in [5, 5.41) is 13.3. The summed E-state index contributed by atoms with van der Waals surface area (Å²) in [6, 6.07) is 8.04. The average Bonchev–Trinajstić information content (AvgIpc) is 2.55. The molecule has 0 aromatic carbocycles. The summed E-state index contributed by atoms with van der Waals surface area (Å²) < 4.78 is 0. The summed E-state index contributed by atoms with van der Waals surface area (Å²) in [5.74, 6) is 0.799. The molecule has 3 rings (SSSR count). The minimum absolute atomic E-state index is 0.267. The minimum Gasteiger partial charge on any atom is -0.506 e. The number of aromatic hydroxyl groups is 1. The van der Waals surface area contributed by atoms with Gasteiger partial charge in [0.15, 0.2) is 0 Å². The zero-order valence-electron chi connectivity index (χ0n) is 13.0. The van der Waals surface area contributed by atoms with Crippen molar-refractivity contribution < 1.29 is 5.11 Å². The monoisotopic (exact) mass is 297 g/mol. The quantitative estimate of drug-likeness (QED) is 0.909. The number of rotatable bonds is 4. The summed E-state index contributed by atoms with van der Waals surface area (Å²) >= 11 is 0. The fraction of sp³-hybridized carbons (Fsp3) is 0.444. The van der Waals surface area contributed by atoms with E-state index in [9.17, 15) is 5.11 Å². The molecule has 1 fully saturated rings. The van der Waals surface area contributed by atoms with Gasteiger partial charge in [0.1, 0.15) is 5.75 Å². The van der Waals surface area contributed by atoms with Gasteiger partial charge in [-0.2, -0.15) is 0 Å². The first-order chi connectivity index (χ1) is 10.7. The predicted octanol–water partition coefficient (Wildman–Crippen LogP) is 3.31. The molecule has 0 saturated heterocycles. The molecule has 0 radical (unpaired) electrons. The summed E-state index contributed by atoms with van der Waals surface area (Å²) in [5.41, 5.74) is 3.25. The molecule has 0 bridgehead atoms. The lowest BCUT2D eigenvalue weighted by atomic mass is 9.82. The van der Waals surface area contributed by atoms with E-state index in [-0.39, 0.29) is 5.75 Å². The van der Waals surface area contributed by atoms with Crippen LogP contribution in [0.25, 0.3) is 0 Å². The molecule has 1 saturated carbocycles. The van der Waals surface area contributed by atoms with Gasteiger partial charge in [-0.15, -0.1) is 0 Å². The summed E-state index contributed by atoms with van der Waals surface area (Å²) in [4.78, 5) is 8.82. The van der Waals surface area contributed by atoms with Crippen molar-refractivity contribution in [2.75, 3.05) is 0 Å². The zero-order chi connectivity index (χ0) is 15.4. The second-order valence-electron chi connectivity index (χ2n) is 6.12. The van der Waals surface area contributed by atoms with Crippen LogP contribution in [0.1, 0.15) is 48.6 Å². The average molecular weight is 297 g/mol. The number of hydrogen-bond acceptors (Lipinski definition) is 4. The van der Waals surface area contributed by atoms with E-state index in [2.05, 4.69) is 28.3 Å². The molecule has 1 aliphatic rings. The topological polar surface area (TPSA) is 58.0 Å². The summed E-state index contributed by atoms with van der Waals surface area (Å²) in [6.45, 7) is 2.76. The van der Waals surface area contributed by atoms with E-state index >= 15 is 0 Å². The Bertz CT molecular complexity index is 629. The first-order valence-electron chi connectivity index (χ1n) is 8.02. The highest BCUT2D eigenvalue weighted by molar-refractivity contribution is 5.25. The van der Waals surface area contributed by atoms with Gasteiger partial charge in [-0.1, -0.05) is 12.5 Å².